The number of benzene rings is 1. The van der Waals surface area contributed by atoms with Gasteiger partial charge in [-0.1, -0.05) is 6.07 Å². The van der Waals surface area contributed by atoms with E-state index in [4.69, 9.17) is 4.74 Å². The molecule has 1 N–H and O–H groups in total. The molecule has 2 rings (SSSR count). The van der Waals surface area contributed by atoms with Crippen molar-refractivity contribution in [2.24, 2.45) is 0 Å². The molecule has 1 aliphatic rings. The number of hydrogen-bond donors (Lipinski definition) is 1. The number of carbonyl (C=O) groups excluding carboxylic acids is 3. The van der Waals surface area contributed by atoms with Crippen LogP contribution >= 0.6 is 0 Å². The van der Waals surface area contributed by atoms with Gasteiger partial charge >= 0.3 is 12.1 Å². The van der Waals surface area contributed by atoms with Gasteiger partial charge in [0.15, 0.2) is 6.61 Å². The average Bonchev–Trinajstić information content (AvgIpc) is 2.60. The zero-order chi connectivity index (χ0) is 19.1. The minimum Gasteiger partial charge on any atom is -0.452 e. The van der Waals surface area contributed by atoms with Gasteiger partial charge in [0.2, 0.25) is 0 Å². The van der Waals surface area contributed by atoms with Crippen molar-refractivity contribution in [2.75, 3.05) is 26.3 Å². The van der Waals surface area contributed by atoms with E-state index >= 15 is 0 Å². The van der Waals surface area contributed by atoms with E-state index in [0.717, 1.165) is 18.2 Å². The van der Waals surface area contributed by atoms with E-state index in [-0.39, 0.29) is 6.04 Å². The van der Waals surface area contributed by atoms with E-state index in [9.17, 15) is 23.2 Å². The molecule has 1 aliphatic heterocycles. The van der Waals surface area contributed by atoms with Crippen molar-refractivity contribution < 1.29 is 32.6 Å². The second-order valence-corrected chi connectivity index (χ2v) is 5.70. The Labute approximate surface area is 149 Å². The van der Waals surface area contributed by atoms with Gasteiger partial charge < -0.3 is 19.7 Å². The molecule has 0 atom stereocenters. The van der Waals surface area contributed by atoms with Crippen LogP contribution in [-0.2, 0) is 14.3 Å². The van der Waals surface area contributed by atoms with E-state index in [1.165, 1.54) is 0 Å². The van der Waals surface area contributed by atoms with Crippen LogP contribution in [0, 0.1) is 11.6 Å². The summed E-state index contributed by atoms with van der Waals surface area (Å²) < 4.78 is 36.5. The quantitative estimate of drug-likeness (QED) is 0.800. The second-order valence-electron chi connectivity index (χ2n) is 5.70. The van der Waals surface area contributed by atoms with Gasteiger partial charge in [0.25, 0.3) is 5.91 Å². The number of piperidine rings is 1. The fraction of sp³-hybridized carbons (Fsp3) is 0.471. The van der Waals surface area contributed by atoms with Crippen molar-refractivity contribution in [3.8, 4) is 0 Å². The van der Waals surface area contributed by atoms with Gasteiger partial charge in [0.1, 0.15) is 17.2 Å². The molecule has 0 spiro atoms. The van der Waals surface area contributed by atoms with Crippen LogP contribution in [0.5, 0.6) is 0 Å². The zero-order valence-electron chi connectivity index (χ0n) is 14.3. The molecule has 1 aromatic rings. The standard InChI is InChI=1S/C17H20F2N2O5/c1-2-25-17(24)21-8-6-11(7-9-21)20-14(22)10-26-16(23)15-12(18)4-3-5-13(15)19/h3-5,11H,2,6-10H2,1H3,(H,20,22). The molecule has 1 heterocycles. The van der Waals surface area contributed by atoms with Crippen LogP contribution in [0.15, 0.2) is 18.2 Å². The maximum atomic E-state index is 13.5. The van der Waals surface area contributed by atoms with E-state index in [1.807, 2.05) is 0 Å². The fourth-order valence-corrected chi connectivity index (χ4v) is 2.59. The SMILES string of the molecule is CCOC(=O)N1CCC(NC(=O)COC(=O)c2c(F)cccc2F)CC1. The highest BCUT2D eigenvalue weighted by molar-refractivity contribution is 5.91. The van der Waals surface area contributed by atoms with Crippen LogP contribution in [-0.4, -0.2) is 55.2 Å². The maximum absolute atomic E-state index is 13.5. The molecular formula is C17H20F2N2O5. The third-order valence-corrected chi connectivity index (χ3v) is 3.89. The number of halogens is 2. The highest BCUT2D eigenvalue weighted by Crippen LogP contribution is 2.14. The van der Waals surface area contributed by atoms with E-state index in [0.29, 0.717) is 32.5 Å². The molecule has 7 nitrogen and oxygen atoms in total. The Morgan fingerprint density at radius 3 is 2.35 bits per heavy atom. The van der Waals surface area contributed by atoms with Crippen LogP contribution < -0.4 is 5.32 Å². The molecule has 0 aromatic heterocycles. The van der Waals surface area contributed by atoms with E-state index in [1.54, 1.807) is 11.8 Å². The molecule has 1 aromatic carbocycles. The molecule has 142 valence electrons. The smallest absolute Gasteiger partial charge is 0.409 e. The van der Waals surface area contributed by atoms with Crippen molar-refractivity contribution >= 4 is 18.0 Å². The second kappa shape index (κ2) is 9.12. The van der Waals surface area contributed by atoms with Crippen molar-refractivity contribution in [3.05, 3.63) is 35.4 Å². The van der Waals surface area contributed by atoms with Crippen molar-refractivity contribution in [2.45, 2.75) is 25.8 Å². The first kappa shape index (κ1) is 19.6. The maximum Gasteiger partial charge on any atom is 0.409 e. The minimum atomic E-state index is -1.24. The predicted octanol–water partition coefficient (Wildman–Crippen LogP) is 1.86. The highest BCUT2D eigenvalue weighted by atomic mass is 19.1. The third kappa shape index (κ3) is 5.14. The number of hydrogen-bond acceptors (Lipinski definition) is 5. The van der Waals surface area contributed by atoms with Crippen LogP contribution in [0.2, 0.25) is 0 Å². The highest BCUT2D eigenvalue weighted by Gasteiger charge is 2.25. The largest absolute Gasteiger partial charge is 0.452 e. The van der Waals surface area contributed by atoms with Crippen molar-refractivity contribution in [1.29, 1.82) is 0 Å². The lowest BCUT2D eigenvalue weighted by molar-refractivity contribution is -0.125. The lowest BCUT2D eigenvalue weighted by atomic mass is 10.1. The molecular weight excluding hydrogens is 350 g/mol. The average molecular weight is 370 g/mol. The van der Waals surface area contributed by atoms with Crippen LogP contribution in [0.3, 0.4) is 0 Å². The molecule has 2 amide bonds. The first-order valence-electron chi connectivity index (χ1n) is 8.24. The number of nitrogens with zero attached hydrogens (tertiary/aromatic N) is 1. The monoisotopic (exact) mass is 370 g/mol. The first-order chi connectivity index (χ1) is 12.4. The number of ether oxygens (including phenoxy) is 2. The lowest BCUT2D eigenvalue weighted by Crippen LogP contribution is -2.47. The van der Waals surface area contributed by atoms with Gasteiger partial charge in [-0.15, -0.1) is 0 Å². The number of carbonyl (C=O) groups is 3. The van der Waals surface area contributed by atoms with E-state index in [2.05, 4.69) is 10.1 Å². The van der Waals surface area contributed by atoms with Crippen molar-refractivity contribution in [1.82, 2.24) is 10.2 Å². The Morgan fingerprint density at radius 2 is 1.77 bits per heavy atom. The summed E-state index contributed by atoms with van der Waals surface area (Å²) in [7, 11) is 0. The van der Waals surface area contributed by atoms with Crippen LogP contribution in [0.25, 0.3) is 0 Å². The summed E-state index contributed by atoms with van der Waals surface area (Å²) in [5, 5.41) is 2.66. The topological polar surface area (TPSA) is 84.9 Å². The number of amides is 2. The van der Waals surface area contributed by atoms with Gasteiger partial charge in [0.05, 0.1) is 6.61 Å². The van der Waals surface area contributed by atoms with E-state index < -0.39 is 41.8 Å². The predicted molar refractivity (Wildman–Crippen MR) is 86.4 cm³/mol. The molecule has 0 radical (unpaired) electrons. The summed E-state index contributed by atoms with van der Waals surface area (Å²) in [6.07, 6.45) is 0.666. The molecule has 0 saturated carbocycles. The summed E-state index contributed by atoms with van der Waals surface area (Å²) in [5.41, 5.74) is -0.831. The molecule has 0 bridgehead atoms. The normalized spacial score (nSPS) is 14.7. The molecule has 26 heavy (non-hydrogen) atoms. The summed E-state index contributed by atoms with van der Waals surface area (Å²) in [5.74, 6) is -3.93. The van der Waals surface area contributed by atoms with Gasteiger partial charge in [-0.25, -0.2) is 18.4 Å². The number of likely N-dealkylation sites (tertiary alicyclic amines) is 1. The molecule has 0 unspecified atom stereocenters. The summed E-state index contributed by atoms with van der Waals surface area (Å²) in [6.45, 7) is 2.24. The number of esters is 1. The van der Waals surface area contributed by atoms with Crippen molar-refractivity contribution in [3.63, 3.8) is 0 Å². The number of nitrogens with one attached hydrogen (secondary N) is 1. The summed E-state index contributed by atoms with van der Waals surface area (Å²) in [6, 6.07) is 2.79. The van der Waals surface area contributed by atoms with Gasteiger partial charge in [0, 0.05) is 19.1 Å². The van der Waals surface area contributed by atoms with Crippen LogP contribution in [0.1, 0.15) is 30.1 Å². The first-order valence-corrected chi connectivity index (χ1v) is 8.24. The Bertz CT molecular complexity index is 655. The third-order valence-electron chi connectivity index (χ3n) is 3.89. The Morgan fingerprint density at radius 1 is 1.15 bits per heavy atom. The van der Waals surface area contributed by atoms with Gasteiger partial charge in [-0.2, -0.15) is 0 Å². The Kier molecular flexibility index (Phi) is 6.88. The van der Waals surface area contributed by atoms with Gasteiger partial charge in [-0.3, -0.25) is 4.79 Å². The molecule has 0 aliphatic carbocycles. The minimum absolute atomic E-state index is 0.183. The fourth-order valence-electron chi connectivity index (χ4n) is 2.59. The Balaban J connectivity index is 1.76. The molecule has 1 saturated heterocycles. The lowest BCUT2D eigenvalue weighted by Gasteiger charge is -2.31. The zero-order valence-corrected chi connectivity index (χ0v) is 14.3. The molecule has 9 heteroatoms. The molecule has 1 fully saturated rings. The van der Waals surface area contributed by atoms with Crippen LogP contribution in [0.4, 0.5) is 13.6 Å². The number of rotatable bonds is 5. The van der Waals surface area contributed by atoms with Gasteiger partial charge in [-0.05, 0) is 31.9 Å². The summed E-state index contributed by atoms with van der Waals surface area (Å²) >= 11 is 0. The Hall–Kier alpha value is -2.71. The summed E-state index contributed by atoms with van der Waals surface area (Å²) in [4.78, 5) is 36.7.